The average molecular weight is 586 g/mol. The lowest BCUT2D eigenvalue weighted by Crippen LogP contribution is -2.51. The number of H-pyrrole nitrogens is 1. The fraction of sp³-hybridized carbons (Fsp3) is 0.469. The van der Waals surface area contributed by atoms with Crippen LogP contribution in [0.1, 0.15) is 66.3 Å². The SMILES string of the molecule is COC(=O)NC(C(=O)N1CCC[C@H]1c1nc(-c2ccc3c(c2)oc2cc(B4OC(C)(C)C(C)(C)O4)ccc23)c[nH]1)C(C)C. The summed E-state index contributed by atoms with van der Waals surface area (Å²) in [6.45, 7) is 12.6. The van der Waals surface area contributed by atoms with Gasteiger partial charge in [0.1, 0.15) is 23.0 Å². The molecule has 0 aliphatic carbocycles. The lowest BCUT2D eigenvalue weighted by molar-refractivity contribution is -0.135. The smallest absolute Gasteiger partial charge is 0.456 e. The Bertz CT molecular complexity index is 1680. The van der Waals surface area contributed by atoms with Gasteiger partial charge in [-0.3, -0.25) is 4.79 Å². The zero-order valence-electron chi connectivity index (χ0n) is 25.8. The van der Waals surface area contributed by atoms with Gasteiger partial charge in [-0.15, -0.1) is 0 Å². The van der Waals surface area contributed by atoms with Crippen LogP contribution in [0.3, 0.4) is 0 Å². The van der Waals surface area contributed by atoms with Crippen LogP contribution in [0, 0.1) is 5.92 Å². The second-order valence-electron chi connectivity index (χ2n) is 12.9. The number of hydrogen-bond donors (Lipinski definition) is 2. The minimum Gasteiger partial charge on any atom is -0.456 e. The predicted molar refractivity (Wildman–Crippen MR) is 165 cm³/mol. The Kier molecular flexibility index (Phi) is 7.29. The monoisotopic (exact) mass is 586 g/mol. The quantitative estimate of drug-likeness (QED) is 0.294. The second-order valence-corrected chi connectivity index (χ2v) is 12.9. The van der Waals surface area contributed by atoms with Crippen LogP contribution in [0.2, 0.25) is 0 Å². The number of hydrogen-bond acceptors (Lipinski definition) is 7. The van der Waals surface area contributed by atoms with E-state index in [1.54, 1.807) is 0 Å². The first-order valence-electron chi connectivity index (χ1n) is 14.9. The van der Waals surface area contributed by atoms with E-state index in [1.165, 1.54) is 7.11 Å². The fourth-order valence-electron chi connectivity index (χ4n) is 5.93. The van der Waals surface area contributed by atoms with Gasteiger partial charge in [0.25, 0.3) is 0 Å². The molecule has 226 valence electrons. The lowest BCUT2D eigenvalue weighted by atomic mass is 9.79. The van der Waals surface area contributed by atoms with Gasteiger partial charge in [-0.05, 0) is 70.1 Å². The van der Waals surface area contributed by atoms with Gasteiger partial charge in [-0.25, -0.2) is 9.78 Å². The number of methoxy groups -OCH3 is 1. The topological polar surface area (TPSA) is 119 Å². The first-order chi connectivity index (χ1) is 20.4. The number of ether oxygens (including phenoxy) is 1. The summed E-state index contributed by atoms with van der Waals surface area (Å²) in [7, 11) is 0.830. The molecule has 6 rings (SSSR count). The molecular formula is C32H39BN4O6. The molecule has 1 unspecified atom stereocenters. The molecule has 2 aliphatic heterocycles. The van der Waals surface area contributed by atoms with Crippen molar-refractivity contribution in [3.05, 3.63) is 48.4 Å². The number of nitrogens with zero attached hydrogens (tertiary/aromatic N) is 2. The number of imidazole rings is 1. The molecule has 4 aromatic rings. The van der Waals surface area contributed by atoms with Crippen LogP contribution in [0.15, 0.2) is 47.0 Å². The maximum atomic E-state index is 13.5. The van der Waals surface area contributed by atoms with E-state index in [0.717, 1.165) is 57.3 Å². The van der Waals surface area contributed by atoms with Crippen LogP contribution in [0.4, 0.5) is 4.79 Å². The third-order valence-corrected chi connectivity index (χ3v) is 9.16. The number of likely N-dealkylation sites (tertiary alicyclic amines) is 1. The molecular weight excluding hydrogens is 547 g/mol. The van der Waals surface area contributed by atoms with Crippen molar-refractivity contribution >= 4 is 46.5 Å². The minimum atomic E-state index is -0.678. The van der Waals surface area contributed by atoms with E-state index >= 15 is 0 Å². The van der Waals surface area contributed by atoms with E-state index < -0.39 is 30.5 Å². The van der Waals surface area contributed by atoms with Gasteiger partial charge in [-0.2, -0.15) is 0 Å². The van der Waals surface area contributed by atoms with Gasteiger partial charge in [0, 0.05) is 29.1 Å². The number of carbonyl (C=O) groups is 2. The fourth-order valence-corrected chi connectivity index (χ4v) is 5.93. The number of nitrogens with one attached hydrogen (secondary N) is 2. The van der Waals surface area contributed by atoms with Crippen molar-refractivity contribution in [1.82, 2.24) is 20.2 Å². The summed E-state index contributed by atoms with van der Waals surface area (Å²) in [6.07, 6.45) is 2.89. The Morgan fingerprint density at radius 3 is 2.42 bits per heavy atom. The van der Waals surface area contributed by atoms with Crippen LogP contribution in [-0.4, -0.2) is 64.9 Å². The summed E-state index contributed by atoms with van der Waals surface area (Å²) < 4.78 is 23.5. The normalized spacial score (nSPS) is 20.3. The van der Waals surface area contributed by atoms with E-state index in [4.69, 9.17) is 23.4 Å². The molecule has 4 heterocycles. The Morgan fingerprint density at radius 2 is 1.74 bits per heavy atom. The summed E-state index contributed by atoms with van der Waals surface area (Å²) in [4.78, 5) is 35.4. The molecule has 2 aromatic carbocycles. The number of fused-ring (bicyclic) bond motifs is 3. The number of aromatic nitrogens is 2. The lowest BCUT2D eigenvalue weighted by Gasteiger charge is -2.32. The highest BCUT2D eigenvalue weighted by molar-refractivity contribution is 6.62. The van der Waals surface area contributed by atoms with Crippen molar-refractivity contribution in [1.29, 1.82) is 0 Å². The molecule has 2 saturated heterocycles. The van der Waals surface area contributed by atoms with Crippen molar-refractivity contribution in [3.8, 4) is 11.3 Å². The highest BCUT2D eigenvalue weighted by Gasteiger charge is 2.51. The molecule has 0 saturated carbocycles. The zero-order valence-corrected chi connectivity index (χ0v) is 25.8. The zero-order chi connectivity index (χ0) is 30.7. The summed E-state index contributed by atoms with van der Waals surface area (Å²) in [6, 6.07) is 11.3. The highest BCUT2D eigenvalue weighted by atomic mass is 16.7. The van der Waals surface area contributed by atoms with Gasteiger partial charge >= 0.3 is 13.2 Å². The van der Waals surface area contributed by atoms with Crippen molar-refractivity contribution in [2.24, 2.45) is 5.92 Å². The summed E-state index contributed by atoms with van der Waals surface area (Å²) in [5.41, 5.74) is 3.27. The standard InChI is InChI=1S/C32H39BN4O6/c1-18(2)27(36-30(39)40-7)29(38)37-14-8-9-24(37)28-34-17-23(35-28)19-10-12-21-22-13-11-20(16-26(22)41-25(21)15-19)33-42-31(3,4)32(5,6)43-33/h10-13,15-18,24,27H,8-9,14H2,1-7H3,(H,34,35)(H,36,39)/t24-,27?/m0/s1. The maximum Gasteiger partial charge on any atom is 0.494 e. The Labute approximate surface area is 251 Å². The average Bonchev–Trinajstić information content (AvgIpc) is 3.74. The summed E-state index contributed by atoms with van der Waals surface area (Å²) in [5, 5.41) is 4.73. The molecule has 11 heteroatoms. The molecule has 10 nitrogen and oxygen atoms in total. The summed E-state index contributed by atoms with van der Waals surface area (Å²) in [5.74, 6) is 0.492. The van der Waals surface area contributed by atoms with E-state index in [1.807, 2.05) is 76.9 Å². The van der Waals surface area contributed by atoms with E-state index in [9.17, 15) is 9.59 Å². The second kappa shape index (κ2) is 10.7. The molecule has 2 amide bonds. The van der Waals surface area contributed by atoms with Crippen LogP contribution in [-0.2, 0) is 18.8 Å². The third kappa shape index (κ3) is 5.18. The molecule has 2 atom stereocenters. The molecule has 2 N–H and O–H groups in total. The van der Waals surface area contributed by atoms with Crippen molar-refractivity contribution in [2.75, 3.05) is 13.7 Å². The minimum absolute atomic E-state index is 0.0940. The molecule has 2 aromatic heterocycles. The molecule has 2 aliphatic rings. The highest BCUT2D eigenvalue weighted by Crippen LogP contribution is 2.38. The van der Waals surface area contributed by atoms with Crippen molar-refractivity contribution < 1.29 is 28.1 Å². The van der Waals surface area contributed by atoms with Crippen LogP contribution >= 0.6 is 0 Å². The first kappa shape index (κ1) is 29.3. The van der Waals surface area contributed by atoms with Crippen LogP contribution in [0.25, 0.3) is 33.2 Å². The summed E-state index contributed by atoms with van der Waals surface area (Å²) >= 11 is 0. The van der Waals surface area contributed by atoms with Gasteiger partial charge in [0.05, 0.1) is 30.0 Å². The Hall–Kier alpha value is -3.83. The first-order valence-corrected chi connectivity index (χ1v) is 14.9. The van der Waals surface area contributed by atoms with Crippen LogP contribution < -0.4 is 10.8 Å². The maximum absolute atomic E-state index is 13.5. The number of rotatable bonds is 6. The third-order valence-electron chi connectivity index (χ3n) is 9.16. The van der Waals surface area contributed by atoms with Gasteiger partial charge < -0.3 is 33.7 Å². The number of carbonyl (C=O) groups excluding carboxylic acids is 2. The molecule has 0 spiro atoms. The number of furan rings is 1. The largest absolute Gasteiger partial charge is 0.494 e. The number of aromatic amines is 1. The van der Waals surface area contributed by atoms with Crippen LogP contribution in [0.5, 0.6) is 0 Å². The van der Waals surface area contributed by atoms with Gasteiger partial charge in [-0.1, -0.05) is 32.0 Å². The Balaban J connectivity index is 1.24. The number of benzene rings is 2. The van der Waals surface area contributed by atoms with E-state index in [0.29, 0.717) is 6.54 Å². The predicted octanol–water partition coefficient (Wildman–Crippen LogP) is 5.32. The molecule has 0 bridgehead atoms. The van der Waals surface area contributed by atoms with Gasteiger partial charge in [0.2, 0.25) is 5.91 Å². The van der Waals surface area contributed by atoms with E-state index in [-0.39, 0.29) is 17.9 Å². The molecule has 43 heavy (non-hydrogen) atoms. The molecule has 2 fully saturated rings. The van der Waals surface area contributed by atoms with Crippen molar-refractivity contribution in [3.63, 3.8) is 0 Å². The molecule has 0 radical (unpaired) electrons. The van der Waals surface area contributed by atoms with E-state index in [2.05, 4.69) is 22.4 Å². The Morgan fingerprint density at radius 1 is 1.07 bits per heavy atom. The van der Waals surface area contributed by atoms with Gasteiger partial charge in [0.15, 0.2) is 0 Å². The number of amides is 2. The number of alkyl carbamates (subject to hydrolysis) is 1. The van der Waals surface area contributed by atoms with Crippen molar-refractivity contribution in [2.45, 2.75) is 77.7 Å².